The molecule has 15 heteroatoms. The summed E-state index contributed by atoms with van der Waals surface area (Å²) in [6.07, 6.45) is 0. The molecule has 39 heavy (non-hydrogen) atoms. The number of hydrogen-bond donors (Lipinski definition) is 1. The number of hydrogen-bond acceptors (Lipinski definition) is 13. The molecule has 0 bridgehead atoms. The molecule has 0 amide bonds. The fourth-order valence-electron chi connectivity index (χ4n) is 2.52. The van der Waals surface area contributed by atoms with Crippen LogP contribution in [0.2, 0.25) is 0 Å². The largest absolute Gasteiger partial charge is 0.394 e. The van der Waals surface area contributed by atoms with Gasteiger partial charge in [0.1, 0.15) is 0 Å². The number of aliphatic hydroxyl groups is 1. The molecule has 0 rings (SSSR count). The predicted molar refractivity (Wildman–Crippen MR) is 140 cm³/mol. The molecule has 0 aromatic rings. The standard InChI is InChI=1S/C24H49N3O12/c25-27-26-1-3-29-5-7-31-9-11-33-13-15-35-17-19-37-21-23-39-24-22-38-20-18-36-16-14-34-12-10-32-8-6-30-4-2-28/h28H,1-24H2. The average molecular weight is 572 g/mol. The van der Waals surface area contributed by atoms with Crippen LogP contribution < -0.4 is 0 Å². The highest BCUT2D eigenvalue weighted by molar-refractivity contribution is 4.44. The van der Waals surface area contributed by atoms with Crippen LogP contribution in [-0.2, 0) is 52.1 Å². The van der Waals surface area contributed by atoms with E-state index < -0.39 is 0 Å². The maximum atomic E-state index is 8.56. The first-order valence-corrected chi connectivity index (χ1v) is 13.4. The Morgan fingerprint density at radius 3 is 0.769 bits per heavy atom. The smallest absolute Gasteiger partial charge is 0.0701 e. The zero-order valence-electron chi connectivity index (χ0n) is 23.3. The molecule has 0 heterocycles. The second-order valence-electron chi connectivity index (χ2n) is 7.41. The van der Waals surface area contributed by atoms with Gasteiger partial charge in [0, 0.05) is 11.5 Å². The van der Waals surface area contributed by atoms with Gasteiger partial charge in [-0.25, -0.2) is 0 Å². The highest BCUT2D eigenvalue weighted by Gasteiger charge is 1.96. The maximum Gasteiger partial charge on any atom is 0.0701 e. The predicted octanol–water partition coefficient (Wildman–Crippen LogP) is 0.472. The van der Waals surface area contributed by atoms with E-state index in [4.69, 9.17) is 62.7 Å². The Labute approximate surface area is 231 Å². The van der Waals surface area contributed by atoms with Gasteiger partial charge in [0.2, 0.25) is 0 Å². The quantitative estimate of drug-likeness (QED) is 0.0483. The summed E-state index contributed by atoms with van der Waals surface area (Å²) >= 11 is 0. The van der Waals surface area contributed by atoms with E-state index >= 15 is 0 Å². The van der Waals surface area contributed by atoms with Crippen molar-refractivity contribution in [3.8, 4) is 0 Å². The van der Waals surface area contributed by atoms with Gasteiger partial charge in [-0.1, -0.05) is 5.11 Å². The summed E-state index contributed by atoms with van der Waals surface area (Å²) in [4.78, 5) is 2.64. The van der Waals surface area contributed by atoms with E-state index in [1.807, 2.05) is 0 Å². The average Bonchev–Trinajstić information content (AvgIpc) is 2.95. The number of aliphatic hydroxyl groups excluding tert-OH is 1. The van der Waals surface area contributed by atoms with Crippen molar-refractivity contribution in [3.63, 3.8) is 0 Å². The Morgan fingerprint density at radius 2 is 0.564 bits per heavy atom. The van der Waals surface area contributed by atoms with Crippen molar-refractivity contribution in [1.82, 2.24) is 0 Å². The van der Waals surface area contributed by atoms with Gasteiger partial charge in [-0.3, -0.25) is 0 Å². The summed E-state index contributed by atoms with van der Waals surface area (Å²) in [5.74, 6) is 0. The van der Waals surface area contributed by atoms with Gasteiger partial charge in [-0.05, 0) is 5.53 Å². The topological polar surface area (TPSA) is 171 Å². The number of azide groups is 1. The second kappa shape index (κ2) is 36.8. The minimum Gasteiger partial charge on any atom is -0.394 e. The van der Waals surface area contributed by atoms with E-state index in [0.29, 0.717) is 152 Å². The first-order chi connectivity index (χ1) is 19.4. The molecule has 0 aromatic carbocycles. The Morgan fingerprint density at radius 1 is 0.359 bits per heavy atom. The first-order valence-electron chi connectivity index (χ1n) is 13.4. The van der Waals surface area contributed by atoms with E-state index in [2.05, 4.69) is 10.0 Å². The van der Waals surface area contributed by atoms with Gasteiger partial charge in [0.25, 0.3) is 0 Å². The lowest BCUT2D eigenvalue weighted by atomic mass is 10.6. The van der Waals surface area contributed by atoms with Gasteiger partial charge in [-0.2, -0.15) is 0 Å². The summed E-state index contributed by atoms with van der Waals surface area (Å²) in [5, 5.41) is 11.9. The molecule has 0 spiro atoms. The van der Waals surface area contributed by atoms with Gasteiger partial charge in [0.15, 0.2) is 0 Å². The van der Waals surface area contributed by atoms with E-state index in [1.54, 1.807) is 0 Å². The molecule has 0 saturated heterocycles. The summed E-state index contributed by atoms with van der Waals surface area (Å²) < 4.78 is 58.9. The molecule has 0 aliphatic rings. The van der Waals surface area contributed by atoms with E-state index in [-0.39, 0.29) is 6.61 Å². The third-order valence-electron chi connectivity index (χ3n) is 4.35. The summed E-state index contributed by atoms with van der Waals surface area (Å²) in [5.41, 5.74) is 8.12. The Balaban J connectivity index is 3.02. The van der Waals surface area contributed by atoms with Crippen LogP contribution in [0, 0.1) is 0 Å². The molecule has 0 aliphatic carbocycles. The van der Waals surface area contributed by atoms with Gasteiger partial charge >= 0.3 is 0 Å². The monoisotopic (exact) mass is 571 g/mol. The highest BCUT2D eigenvalue weighted by atomic mass is 16.6. The normalized spacial score (nSPS) is 11.2. The molecule has 0 aromatic heterocycles. The maximum absolute atomic E-state index is 8.56. The fraction of sp³-hybridized carbons (Fsp3) is 1.00. The molecule has 15 nitrogen and oxygen atoms in total. The lowest BCUT2D eigenvalue weighted by Gasteiger charge is -2.09. The molecule has 232 valence electrons. The van der Waals surface area contributed by atoms with E-state index in [0.717, 1.165) is 0 Å². The second-order valence-corrected chi connectivity index (χ2v) is 7.41. The zero-order valence-corrected chi connectivity index (χ0v) is 23.3. The number of nitrogens with zero attached hydrogens (tertiary/aromatic N) is 3. The third-order valence-corrected chi connectivity index (χ3v) is 4.35. The van der Waals surface area contributed by atoms with Gasteiger partial charge in [0.05, 0.1) is 152 Å². The van der Waals surface area contributed by atoms with E-state index in [1.165, 1.54) is 0 Å². The summed E-state index contributed by atoms with van der Waals surface area (Å²) in [6, 6.07) is 0. The van der Waals surface area contributed by atoms with Crippen molar-refractivity contribution in [3.05, 3.63) is 10.4 Å². The van der Waals surface area contributed by atoms with Crippen molar-refractivity contribution in [2.75, 3.05) is 159 Å². The lowest BCUT2D eigenvalue weighted by Crippen LogP contribution is -2.15. The minimum atomic E-state index is 0.0234. The number of ether oxygens (including phenoxy) is 11. The molecular weight excluding hydrogens is 522 g/mol. The molecule has 0 radical (unpaired) electrons. The van der Waals surface area contributed by atoms with E-state index in [9.17, 15) is 0 Å². The van der Waals surface area contributed by atoms with Gasteiger partial charge in [-0.15, -0.1) is 0 Å². The lowest BCUT2D eigenvalue weighted by molar-refractivity contribution is -0.0277. The Hall–Kier alpha value is -1.17. The summed E-state index contributed by atoms with van der Waals surface area (Å²) in [7, 11) is 0. The highest BCUT2D eigenvalue weighted by Crippen LogP contribution is 1.87. The van der Waals surface area contributed by atoms with Crippen LogP contribution in [0.5, 0.6) is 0 Å². The zero-order chi connectivity index (χ0) is 28.2. The van der Waals surface area contributed by atoms with Crippen molar-refractivity contribution < 1.29 is 57.2 Å². The SMILES string of the molecule is [N-]=[N+]=NCCOCCOCCOCCOCCOCCOCCOCCOCCOCCOCCOCCO. The first kappa shape index (κ1) is 37.8. The van der Waals surface area contributed by atoms with Crippen LogP contribution in [-0.4, -0.2) is 164 Å². The van der Waals surface area contributed by atoms with Crippen LogP contribution in [0.25, 0.3) is 10.4 Å². The van der Waals surface area contributed by atoms with Crippen molar-refractivity contribution >= 4 is 0 Å². The van der Waals surface area contributed by atoms with Crippen molar-refractivity contribution in [2.45, 2.75) is 0 Å². The molecule has 0 unspecified atom stereocenters. The summed E-state index contributed by atoms with van der Waals surface area (Å²) in [6.45, 7) is 10.9. The fourth-order valence-corrected chi connectivity index (χ4v) is 2.52. The Kier molecular flexibility index (Phi) is 35.7. The molecule has 0 atom stereocenters. The number of rotatable bonds is 35. The minimum absolute atomic E-state index is 0.0234. The Bertz CT molecular complexity index is 505. The van der Waals surface area contributed by atoms with Crippen LogP contribution in [0.4, 0.5) is 0 Å². The van der Waals surface area contributed by atoms with Gasteiger partial charge < -0.3 is 57.2 Å². The van der Waals surface area contributed by atoms with Crippen LogP contribution in [0.15, 0.2) is 5.11 Å². The van der Waals surface area contributed by atoms with Crippen LogP contribution >= 0.6 is 0 Å². The van der Waals surface area contributed by atoms with Crippen LogP contribution in [0.1, 0.15) is 0 Å². The molecule has 0 fully saturated rings. The molecule has 1 N–H and O–H groups in total. The molecule has 0 saturated carbocycles. The van der Waals surface area contributed by atoms with Crippen LogP contribution in [0.3, 0.4) is 0 Å². The van der Waals surface area contributed by atoms with Crippen molar-refractivity contribution in [1.29, 1.82) is 0 Å². The molecular formula is C24H49N3O12. The third kappa shape index (κ3) is 36.8. The molecule has 0 aliphatic heterocycles. The van der Waals surface area contributed by atoms with Crippen molar-refractivity contribution in [2.24, 2.45) is 5.11 Å².